The van der Waals surface area contributed by atoms with Crippen LogP contribution in [0.3, 0.4) is 0 Å². The quantitative estimate of drug-likeness (QED) is 0.609. The van der Waals surface area contributed by atoms with Gasteiger partial charge in [0.2, 0.25) is 0 Å². The number of aliphatic carboxylic acids is 1. The van der Waals surface area contributed by atoms with E-state index in [1.165, 1.54) is 11.6 Å². The standard InChI is InChI=1S/C19H17ClFNO2.C2HF3O2/c1-19(15-6-5-13(20)11-16(15)21)23-17-4-2-3-14(18(17)24-19)12-7-9-22-10-8-12;3-2(4,5)1(6)7/h2-7,11,22H,8-10H2,1H3;(H,6,7). The molecule has 2 aromatic rings. The lowest BCUT2D eigenvalue weighted by atomic mass is 9.99. The molecule has 1 atom stereocenters. The fourth-order valence-corrected chi connectivity index (χ4v) is 3.37. The fraction of sp³-hybridized carbons (Fsp3) is 0.286. The molecule has 2 aromatic carbocycles. The molecule has 2 N–H and O–H groups in total. The number of para-hydroxylation sites is 1. The van der Waals surface area contributed by atoms with Crippen LogP contribution >= 0.6 is 11.6 Å². The normalized spacial score (nSPS) is 19.9. The third-order valence-corrected chi connectivity index (χ3v) is 4.89. The third kappa shape index (κ3) is 5.11. The van der Waals surface area contributed by atoms with Gasteiger partial charge in [-0.15, -0.1) is 0 Å². The number of hydrogen-bond donors (Lipinski definition) is 2. The molecule has 0 radical (unpaired) electrons. The van der Waals surface area contributed by atoms with Crippen molar-refractivity contribution in [1.29, 1.82) is 0 Å². The van der Waals surface area contributed by atoms with Crippen molar-refractivity contribution in [2.24, 2.45) is 0 Å². The summed E-state index contributed by atoms with van der Waals surface area (Å²) in [7, 11) is 0. The van der Waals surface area contributed by atoms with Gasteiger partial charge in [0.05, 0.1) is 5.56 Å². The lowest BCUT2D eigenvalue weighted by Crippen LogP contribution is -2.32. The highest BCUT2D eigenvalue weighted by atomic mass is 35.5. The first-order valence-electron chi connectivity index (χ1n) is 9.18. The molecule has 5 nitrogen and oxygen atoms in total. The summed E-state index contributed by atoms with van der Waals surface area (Å²) in [5, 5.41) is 10.8. The summed E-state index contributed by atoms with van der Waals surface area (Å²) >= 11 is 5.85. The molecule has 0 saturated heterocycles. The molecule has 166 valence electrons. The van der Waals surface area contributed by atoms with Crippen LogP contribution in [0.25, 0.3) is 5.57 Å². The van der Waals surface area contributed by atoms with Crippen LogP contribution in [0.5, 0.6) is 11.5 Å². The molecule has 0 fully saturated rings. The summed E-state index contributed by atoms with van der Waals surface area (Å²) in [6.45, 7) is 3.49. The van der Waals surface area contributed by atoms with Gasteiger partial charge in [-0.2, -0.15) is 13.2 Å². The van der Waals surface area contributed by atoms with Crippen LogP contribution in [-0.2, 0) is 10.6 Å². The van der Waals surface area contributed by atoms with E-state index < -0.39 is 23.7 Å². The zero-order chi connectivity index (χ0) is 22.8. The van der Waals surface area contributed by atoms with Gasteiger partial charge in [0.25, 0.3) is 5.79 Å². The minimum atomic E-state index is -5.08. The maximum atomic E-state index is 14.4. The Morgan fingerprint density at radius 3 is 2.52 bits per heavy atom. The molecule has 2 aliphatic heterocycles. The molecule has 0 aliphatic carbocycles. The van der Waals surface area contributed by atoms with Crippen LogP contribution in [0, 0.1) is 5.82 Å². The molecule has 0 saturated carbocycles. The van der Waals surface area contributed by atoms with E-state index in [2.05, 4.69) is 11.4 Å². The number of ether oxygens (including phenoxy) is 2. The lowest BCUT2D eigenvalue weighted by molar-refractivity contribution is -0.192. The molecular weight excluding hydrogens is 442 g/mol. The highest BCUT2D eigenvalue weighted by Crippen LogP contribution is 2.48. The second kappa shape index (κ2) is 8.76. The SMILES string of the molecule is CC1(c2ccc(Cl)cc2F)Oc2cccc(C3=CCNCC3)c2O1.O=C(O)C(F)(F)F. The molecule has 2 heterocycles. The van der Waals surface area contributed by atoms with E-state index in [1.54, 1.807) is 19.1 Å². The Kier molecular flexibility index (Phi) is 6.47. The Bertz CT molecular complexity index is 1020. The minimum Gasteiger partial charge on any atom is -0.475 e. The van der Waals surface area contributed by atoms with E-state index in [1.807, 2.05) is 18.2 Å². The van der Waals surface area contributed by atoms with Crippen LogP contribution in [0.15, 0.2) is 42.5 Å². The highest BCUT2D eigenvalue weighted by molar-refractivity contribution is 6.30. The van der Waals surface area contributed by atoms with E-state index in [4.69, 9.17) is 31.0 Å². The maximum Gasteiger partial charge on any atom is 0.490 e. The number of alkyl halides is 3. The first-order valence-corrected chi connectivity index (χ1v) is 9.56. The van der Waals surface area contributed by atoms with E-state index in [-0.39, 0.29) is 0 Å². The molecule has 4 rings (SSSR count). The summed E-state index contributed by atoms with van der Waals surface area (Å²) in [4.78, 5) is 8.90. The summed E-state index contributed by atoms with van der Waals surface area (Å²) < 4.78 is 58.2. The van der Waals surface area contributed by atoms with Gasteiger partial charge in [-0.3, -0.25) is 0 Å². The fourth-order valence-electron chi connectivity index (χ4n) is 3.21. The van der Waals surface area contributed by atoms with Gasteiger partial charge in [-0.05, 0) is 42.8 Å². The second-order valence-corrected chi connectivity index (χ2v) is 7.33. The lowest BCUT2D eigenvalue weighted by Gasteiger charge is -2.24. The Hall–Kier alpha value is -2.78. The van der Waals surface area contributed by atoms with Gasteiger partial charge < -0.3 is 19.9 Å². The smallest absolute Gasteiger partial charge is 0.475 e. The van der Waals surface area contributed by atoms with E-state index >= 15 is 0 Å². The number of nitrogens with one attached hydrogen (secondary N) is 1. The van der Waals surface area contributed by atoms with Crippen LogP contribution in [0.4, 0.5) is 17.6 Å². The molecular formula is C21H18ClF4NO4. The summed E-state index contributed by atoms with van der Waals surface area (Å²) in [5.74, 6) is -3.11. The first-order chi connectivity index (χ1) is 14.5. The van der Waals surface area contributed by atoms with Crippen molar-refractivity contribution >= 4 is 23.1 Å². The van der Waals surface area contributed by atoms with Crippen LogP contribution in [-0.4, -0.2) is 30.3 Å². The van der Waals surface area contributed by atoms with Crippen molar-refractivity contribution in [3.8, 4) is 11.5 Å². The highest BCUT2D eigenvalue weighted by Gasteiger charge is 2.42. The van der Waals surface area contributed by atoms with Crippen molar-refractivity contribution in [3.05, 3.63) is 64.4 Å². The monoisotopic (exact) mass is 459 g/mol. The Morgan fingerprint density at radius 2 is 1.94 bits per heavy atom. The molecule has 2 aliphatic rings. The van der Waals surface area contributed by atoms with Gasteiger partial charge in [0, 0.05) is 24.1 Å². The van der Waals surface area contributed by atoms with E-state index in [9.17, 15) is 17.6 Å². The Balaban J connectivity index is 0.000000339. The number of carboxylic acids is 1. The van der Waals surface area contributed by atoms with Crippen molar-refractivity contribution in [1.82, 2.24) is 5.32 Å². The molecule has 0 spiro atoms. The number of hydrogen-bond acceptors (Lipinski definition) is 4. The van der Waals surface area contributed by atoms with Crippen LogP contribution in [0.1, 0.15) is 24.5 Å². The van der Waals surface area contributed by atoms with Crippen molar-refractivity contribution in [3.63, 3.8) is 0 Å². The van der Waals surface area contributed by atoms with Gasteiger partial charge in [-0.1, -0.05) is 29.8 Å². The van der Waals surface area contributed by atoms with Crippen LogP contribution in [0.2, 0.25) is 5.02 Å². The third-order valence-electron chi connectivity index (χ3n) is 4.65. The summed E-state index contributed by atoms with van der Waals surface area (Å²) in [6, 6.07) is 10.3. The van der Waals surface area contributed by atoms with E-state index in [0.29, 0.717) is 22.1 Å². The Labute approximate surface area is 180 Å². The predicted octanol–water partition coefficient (Wildman–Crippen LogP) is 5.13. The van der Waals surface area contributed by atoms with Gasteiger partial charge >= 0.3 is 12.1 Å². The van der Waals surface area contributed by atoms with Crippen molar-refractivity contribution < 1.29 is 36.9 Å². The number of fused-ring (bicyclic) bond motifs is 1. The molecule has 0 bridgehead atoms. The summed E-state index contributed by atoms with van der Waals surface area (Å²) in [6.07, 6.45) is -2.01. The number of halogens is 5. The minimum absolute atomic E-state index is 0.327. The number of carboxylic acid groups (broad SMARTS) is 1. The predicted molar refractivity (Wildman–Crippen MR) is 106 cm³/mol. The second-order valence-electron chi connectivity index (χ2n) is 6.89. The number of benzene rings is 2. The van der Waals surface area contributed by atoms with Gasteiger partial charge in [0.15, 0.2) is 11.5 Å². The van der Waals surface area contributed by atoms with Crippen LogP contribution < -0.4 is 14.8 Å². The largest absolute Gasteiger partial charge is 0.490 e. The zero-order valence-electron chi connectivity index (χ0n) is 16.2. The first kappa shape index (κ1) is 22.9. The maximum absolute atomic E-state index is 14.4. The van der Waals surface area contributed by atoms with Gasteiger partial charge in [0.1, 0.15) is 5.82 Å². The zero-order valence-corrected chi connectivity index (χ0v) is 17.0. The van der Waals surface area contributed by atoms with Gasteiger partial charge in [-0.25, -0.2) is 9.18 Å². The molecule has 0 aromatic heterocycles. The molecule has 10 heteroatoms. The molecule has 1 unspecified atom stereocenters. The topological polar surface area (TPSA) is 67.8 Å². The molecule has 31 heavy (non-hydrogen) atoms. The average Bonchev–Trinajstić information content (AvgIpc) is 3.05. The molecule has 0 amide bonds. The van der Waals surface area contributed by atoms with Crippen molar-refractivity contribution in [2.75, 3.05) is 13.1 Å². The Morgan fingerprint density at radius 1 is 1.23 bits per heavy atom. The van der Waals surface area contributed by atoms with Crippen molar-refractivity contribution in [2.45, 2.75) is 25.3 Å². The van der Waals surface area contributed by atoms with E-state index in [0.717, 1.165) is 25.1 Å². The summed E-state index contributed by atoms with van der Waals surface area (Å²) in [5.41, 5.74) is 2.55. The number of rotatable bonds is 2. The number of carbonyl (C=O) groups is 1. The average molecular weight is 460 g/mol.